The van der Waals surface area contributed by atoms with E-state index in [1.54, 1.807) is 0 Å². The van der Waals surface area contributed by atoms with E-state index in [4.69, 9.17) is 4.74 Å². The van der Waals surface area contributed by atoms with Crippen molar-refractivity contribution in [2.24, 2.45) is 0 Å². The molecule has 2 aromatic rings. The van der Waals surface area contributed by atoms with Crippen LogP contribution in [-0.4, -0.2) is 55.3 Å². The molecule has 0 radical (unpaired) electrons. The van der Waals surface area contributed by atoms with Crippen LogP contribution in [-0.2, 0) is 4.74 Å². The summed E-state index contributed by atoms with van der Waals surface area (Å²) in [4.78, 5) is 16.9. The van der Waals surface area contributed by atoms with Gasteiger partial charge in [-0.05, 0) is 24.3 Å². The molecule has 166 valence electrons. The number of Topliss-reactive ketones (excluding diaryl/α,β-unsaturated/α-hetero) is 1. The van der Waals surface area contributed by atoms with Crippen molar-refractivity contribution in [3.63, 3.8) is 0 Å². The Labute approximate surface area is 193 Å². The summed E-state index contributed by atoms with van der Waals surface area (Å²) >= 11 is 1.96. The summed E-state index contributed by atoms with van der Waals surface area (Å²) in [6.07, 6.45) is 6.49. The number of nitrogens with one attached hydrogen (secondary N) is 1. The molecule has 0 aromatic heterocycles. The van der Waals surface area contributed by atoms with Crippen LogP contribution in [0.1, 0.15) is 48.0 Å². The van der Waals surface area contributed by atoms with Crippen molar-refractivity contribution in [1.29, 1.82) is 5.26 Å². The Morgan fingerprint density at radius 2 is 1.91 bits per heavy atom. The summed E-state index contributed by atoms with van der Waals surface area (Å²) in [6, 6.07) is 12.4. The highest BCUT2D eigenvalue weighted by atomic mass is 32.2. The van der Waals surface area contributed by atoms with Crippen LogP contribution in [0.15, 0.2) is 40.8 Å². The second-order valence-electron chi connectivity index (χ2n) is 8.79. The fourth-order valence-electron chi connectivity index (χ4n) is 5.08. The largest absolute Gasteiger partial charge is 0.382 e. The summed E-state index contributed by atoms with van der Waals surface area (Å²) in [5, 5.41) is 16.1. The number of allylic oxidation sites excluding steroid dienone is 1. The maximum Gasteiger partial charge on any atom is 0.206 e. The molecule has 2 aromatic carbocycles. The van der Waals surface area contributed by atoms with Gasteiger partial charge in [0.2, 0.25) is 5.78 Å². The molecule has 6 heteroatoms. The Hall–Kier alpha value is -2.33. The van der Waals surface area contributed by atoms with Gasteiger partial charge in [0.05, 0.1) is 18.9 Å². The van der Waals surface area contributed by atoms with E-state index in [1.807, 2.05) is 23.9 Å². The highest BCUT2D eigenvalue weighted by Gasteiger charge is 2.29. The van der Waals surface area contributed by atoms with Gasteiger partial charge < -0.3 is 10.1 Å². The average Bonchev–Trinajstić information content (AvgIpc) is 2.84. The monoisotopic (exact) mass is 447 g/mol. The number of rotatable bonds is 6. The Kier molecular flexibility index (Phi) is 6.49. The summed E-state index contributed by atoms with van der Waals surface area (Å²) in [5.41, 5.74) is 2.53. The fourth-order valence-corrected chi connectivity index (χ4v) is 6.45. The number of carbonyl (C=O) groups excluding carboxylic acids is 1. The summed E-state index contributed by atoms with van der Waals surface area (Å²) in [7, 11) is 0. The fraction of sp³-hybridized carbons (Fsp3) is 0.462. The lowest BCUT2D eigenvalue weighted by Gasteiger charge is -2.28. The number of ketones is 1. The van der Waals surface area contributed by atoms with Crippen molar-refractivity contribution >= 4 is 34.0 Å². The first-order valence-electron chi connectivity index (χ1n) is 11.7. The summed E-state index contributed by atoms with van der Waals surface area (Å²) in [5.74, 6) is -0.167. The Balaban J connectivity index is 1.47. The SMILES string of the molecule is N#CC1=C(NCCN2CCOCC2)c2ccc(SC3CCCCC3)c3cccc(c23)C1=O. The molecule has 5 rings (SSSR count). The van der Waals surface area contributed by atoms with E-state index in [9.17, 15) is 10.1 Å². The third-order valence-corrected chi connectivity index (χ3v) is 8.20. The van der Waals surface area contributed by atoms with Gasteiger partial charge in [-0.3, -0.25) is 9.69 Å². The number of carbonyl (C=O) groups is 1. The van der Waals surface area contributed by atoms with Gasteiger partial charge in [0, 0.05) is 52.8 Å². The van der Waals surface area contributed by atoms with Crippen molar-refractivity contribution in [2.75, 3.05) is 39.4 Å². The van der Waals surface area contributed by atoms with Gasteiger partial charge in [0.15, 0.2) is 0 Å². The minimum Gasteiger partial charge on any atom is -0.382 e. The van der Waals surface area contributed by atoms with Gasteiger partial charge in [0.1, 0.15) is 11.6 Å². The van der Waals surface area contributed by atoms with Crippen LogP contribution in [0.25, 0.3) is 16.5 Å². The molecule has 1 N–H and O–H groups in total. The minimum absolute atomic E-state index is 0.167. The third kappa shape index (κ3) is 4.17. The second-order valence-corrected chi connectivity index (χ2v) is 10.1. The highest BCUT2D eigenvalue weighted by molar-refractivity contribution is 8.00. The van der Waals surface area contributed by atoms with Gasteiger partial charge in [-0.25, -0.2) is 0 Å². The Morgan fingerprint density at radius 1 is 1.09 bits per heavy atom. The molecule has 2 fully saturated rings. The molecular formula is C26H29N3O2S. The molecule has 1 heterocycles. The molecule has 0 unspecified atom stereocenters. The number of nitrogens with zero attached hydrogens (tertiary/aromatic N) is 2. The van der Waals surface area contributed by atoms with E-state index >= 15 is 0 Å². The molecule has 1 aliphatic heterocycles. The zero-order valence-electron chi connectivity index (χ0n) is 18.4. The maximum atomic E-state index is 13.3. The molecule has 5 nitrogen and oxygen atoms in total. The number of morpholine rings is 1. The van der Waals surface area contributed by atoms with Crippen molar-refractivity contribution < 1.29 is 9.53 Å². The second kappa shape index (κ2) is 9.66. The summed E-state index contributed by atoms with van der Waals surface area (Å²) in [6.45, 7) is 4.92. The first-order valence-corrected chi connectivity index (χ1v) is 12.6. The molecule has 1 saturated heterocycles. The van der Waals surface area contributed by atoms with Gasteiger partial charge >= 0.3 is 0 Å². The Morgan fingerprint density at radius 3 is 2.69 bits per heavy atom. The van der Waals surface area contributed by atoms with E-state index in [-0.39, 0.29) is 11.4 Å². The summed E-state index contributed by atoms with van der Waals surface area (Å²) < 4.78 is 5.43. The quantitative estimate of drug-likeness (QED) is 0.697. The van der Waals surface area contributed by atoms with Gasteiger partial charge in [-0.15, -0.1) is 11.8 Å². The van der Waals surface area contributed by atoms with Crippen LogP contribution in [0.4, 0.5) is 0 Å². The zero-order valence-corrected chi connectivity index (χ0v) is 19.2. The van der Waals surface area contributed by atoms with Crippen molar-refractivity contribution in [3.8, 4) is 6.07 Å². The van der Waals surface area contributed by atoms with E-state index in [2.05, 4.69) is 34.5 Å². The molecule has 0 amide bonds. The number of hydrogen-bond donors (Lipinski definition) is 1. The topological polar surface area (TPSA) is 65.4 Å². The van der Waals surface area contributed by atoms with E-state index in [1.165, 1.54) is 37.0 Å². The predicted molar refractivity (Wildman–Crippen MR) is 129 cm³/mol. The van der Waals surface area contributed by atoms with Crippen LogP contribution in [0, 0.1) is 11.3 Å². The number of nitriles is 1. The normalized spacial score (nSPS) is 19.9. The molecule has 3 aliphatic rings. The maximum absolute atomic E-state index is 13.3. The van der Waals surface area contributed by atoms with Crippen molar-refractivity contribution in [1.82, 2.24) is 10.2 Å². The van der Waals surface area contributed by atoms with Crippen LogP contribution >= 0.6 is 11.8 Å². The van der Waals surface area contributed by atoms with Gasteiger partial charge in [0.25, 0.3) is 0 Å². The Bertz CT molecular complexity index is 1090. The minimum atomic E-state index is -0.167. The lowest BCUT2D eigenvalue weighted by atomic mass is 9.86. The van der Waals surface area contributed by atoms with E-state index in [0.29, 0.717) is 23.1 Å². The molecule has 1 saturated carbocycles. The molecule has 32 heavy (non-hydrogen) atoms. The average molecular weight is 448 g/mol. The number of thioether (sulfide) groups is 1. The zero-order chi connectivity index (χ0) is 21.9. The molecular weight excluding hydrogens is 418 g/mol. The first-order chi connectivity index (χ1) is 15.8. The lowest BCUT2D eigenvalue weighted by Crippen LogP contribution is -2.40. The van der Waals surface area contributed by atoms with Crippen molar-refractivity contribution in [2.45, 2.75) is 42.2 Å². The van der Waals surface area contributed by atoms with E-state index < -0.39 is 0 Å². The number of ether oxygens (including phenoxy) is 1. The van der Waals surface area contributed by atoms with Crippen LogP contribution in [0.3, 0.4) is 0 Å². The smallest absolute Gasteiger partial charge is 0.206 e. The highest BCUT2D eigenvalue weighted by Crippen LogP contribution is 2.42. The molecule has 0 atom stereocenters. The van der Waals surface area contributed by atoms with E-state index in [0.717, 1.165) is 49.2 Å². The van der Waals surface area contributed by atoms with Crippen LogP contribution in [0.5, 0.6) is 0 Å². The molecule has 2 aliphatic carbocycles. The van der Waals surface area contributed by atoms with Crippen molar-refractivity contribution in [3.05, 3.63) is 47.0 Å². The molecule has 0 spiro atoms. The van der Waals surface area contributed by atoms with Gasteiger partial charge in [-0.1, -0.05) is 43.5 Å². The standard InChI is InChI=1S/C26H29N3O2S/c27-17-22-25(28-11-12-29-13-15-31-16-14-29)20-9-10-23(32-18-5-2-1-3-6-18)19-7-4-8-21(24(19)20)26(22)30/h4,7-10,18,28H,1-3,5-6,11-16H2. The number of benzene rings is 2. The molecule has 0 bridgehead atoms. The predicted octanol–water partition coefficient (Wildman–Crippen LogP) is 4.62. The van der Waals surface area contributed by atoms with Crippen LogP contribution < -0.4 is 5.32 Å². The third-order valence-electron chi connectivity index (χ3n) is 6.78. The number of hydrogen-bond acceptors (Lipinski definition) is 6. The van der Waals surface area contributed by atoms with Crippen LogP contribution in [0.2, 0.25) is 0 Å². The lowest BCUT2D eigenvalue weighted by molar-refractivity contribution is 0.0388. The first kappa shape index (κ1) is 21.5. The van der Waals surface area contributed by atoms with Gasteiger partial charge in [-0.2, -0.15) is 5.26 Å².